The highest BCUT2D eigenvalue weighted by molar-refractivity contribution is 8.00. The Balaban J connectivity index is 1.77. The first-order chi connectivity index (χ1) is 13.2. The lowest BCUT2D eigenvalue weighted by Gasteiger charge is -2.19. The molecule has 3 N–H and O–H groups in total. The van der Waals surface area contributed by atoms with Crippen LogP contribution in [0.25, 0.3) is 0 Å². The van der Waals surface area contributed by atoms with Gasteiger partial charge in [-0.25, -0.2) is 4.79 Å². The number of thioether (sulfide) groups is 1. The molecule has 2 rings (SSSR count). The van der Waals surface area contributed by atoms with Crippen LogP contribution in [0.4, 0.5) is 18.0 Å². The van der Waals surface area contributed by atoms with Gasteiger partial charge in [0.05, 0.1) is 6.10 Å². The number of amides is 1. The van der Waals surface area contributed by atoms with Crippen LogP contribution in [0, 0.1) is 0 Å². The summed E-state index contributed by atoms with van der Waals surface area (Å²) >= 11 is -0.297. The lowest BCUT2D eigenvalue weighted by atomic mass is 10.0. The second kappa shape index (κ2) is 10.4. The molecule has 5 nitrogen and oxygen atoms in total. The first kappa shape index (κ1) is 22.1. The number of carbonyl (C=O) groups is 1. The van der Waals surface area contributed by atoms with Crippen molar-refractivity contribution in [1.82, 2.24) is 5.32 Å². The van der Waals surface area contributed by atoms with Crippen molar-refractivity contribution in [2.24, 2.45) is 0 Å². The van der Waals surface area contributed by atoms with Gasteiger partial charge in [0.15, 0.2) is 0 Å². The first-order valence-corrected chi connectivity index (χ1v) is 9.22. The number of aliphatic hydroxyl groups is 2. The number of halogens is 3. The molecular weight excluding hydrogens is 395 g/mol. The van der Waals surface area contributed by atoms with Crippen molar-refractivity contribution < 1.29 is 32.9 Å². The Morgan fingerprint density at radius 2 is 1.82 bits per heavy atom. The molecule has 0 spiro atoms. The van der Waals surface area contributed by atoms with E-state index in [1.807, 2.05) is 18.2 Å². The normalized spacial score (nSPS) is 13.6. The summed E-state index contributed by atoms with van der Waals surface area (Å²) in [5.41, 5.74) is -3.45. The maximum absolute atomic E-state index is 12.4. The van der Waals surface area contributed by atoms with Crippen molar-refractivity contribution in [3.05, 3.63) is 65.7 Å². The molecule has 0 aromatic heterocycles. The molecule has 2 aromatic carbocycles. The fourth-order valence-electron chi connectivity index (χ4n) is 2.37. The van der Waals surface area contributed by atoms with E-state index in [1.54, 1.807) is 12.1 Å². The smallest absolute Gasteiger partial charge is 0.445 e. The van der Waals surface area contributed by atoms with Gasteiger partial charge in [0.1, 0.15) is 12.7 Å². The van der Waals surface area contributed by atoms with Gasteiger partial charge in [0.25, 0.3) is 0 Å². The molecule has 1 amide bonds. The molecule has 0 saturated heterocycles. The van der Waals surface area contributed by atoms with Gasteiger partial charge >= 0.3 is 11.6 Å². The van der Waals surface area contributed by atoms with Crippen LogP contribution in [-0.4, -0.2) is 34.5 Å². The van der Waals surface area contributed by atoms with Gasteiger partial charge in [0, 0.05) is 11.4 Å². The lowest BCUT2D eigenvalue weighted by molar-refractivity contribution is -0.0328. The number of alkyl halides is 3. The van der Waals surface area contributed by atoms with E-state index in [9.17, 15) is 28.2 Å². The monoisotopic (exact) mass is 415 g/mol. The fourth-order valence-corrected chi connectivity index (χ4v) is 2.98. The maximum atomic E-state index is 12.4. The minimum atomic E-state index is -4.44. The summed E-state index contributed by atoms with van der Waals surface area (Å²) in [6.45, 7) is 0.129. The minimum absolute atomic E-state index is 0.00174. The number of nitrogens with one attached hydrogen (secondary N) is 1. The average molecular weight is 415 g/mol. The van der Waals surface area contributed by atoms with E-state index in [2.05, 4.69) is 5.32 Å². The predicted octanol–water partition coefficient (Wildman–Crippen LogP) is 4.01. The summed E-state index contributed by atoms with van der Waals surface area (Å²) < 4.78 is 42.3. The summed E-state index contributed by atoms with van der Waals surface area (Å²) in [4.78, 5) is 11.5. The molecule has 0 aliphatic rings. The van der Waals surface area contributed by atoms with Crippen LogP contribution >= 0.6 is 11.8 Å². The SMILES string of the molecule is O=C(NCCC(O)C(O)c1cccc(SC(F)(F)F)c1)OCc1ccccc1. The molecule has 9 heteroatoms. The Hall–Kier alpha value is -2.23. The summed E-state index contributed by atoms with van der Waals surface area (Å²) in [7, 11) is 0. The van der Waals surface area contributed by atoms with E-state index in [-0.39, 0.29) is 41.8 Å². The fraction of sp³-hybridized carbons (Fsp3) is 0.316. The second-order valence-corrected chi connectivity index (χ2v) is 7.05. The number of aliphatic hydroxyl groups excluding tert-OH is 2. The molecule has 0 aliphatic heterocycles. The molecule has 0 fully saturated rings. The molecule has 0 radical (unpaired) electrons. The van der Waals surface area contributed by atoms with E-state index in [1.165, 1.54) is 24.3 Å². The zero-order valence-electron chi connectivity index (χ0n) is 14.7. The molecule has 2 aromatic rings. The molecule has 2 atom stereocenters. The Labute approximate surface area is 164 Å². The number of alkyl carbamates (subject to hydrolysis) is 1. The van der Waals surface area contributed by atoms with Gasteiger partial charge in [-0.05, 0) is 41.4 Å². The van der Waals surface area contributed by atoms with Crippen molar-refractivity contribution >= 4 is 17.9 Å². The molecule has 152 valence electrons. The van der Waals surface area contributed by atoms with Crippen LogP contribution in [0.3, 0.4) is 0 Å². The van der Waals surface area contributed by atoms with Crippen molar-refractivity contribution in [3.63, 3.8) is 0 Å². The highest BCUT2D eigenvalue weighted by Crippen LogP contribution is 2.37. The van der Waals surface area contributed by atoms with Gasteiger partial charge in [-0.15, -0.1) is 0 Å². The molecule has 2 unspecified atom stereocenters. The number of hydrogen-bond acceptors (Lipinski definition) is 5. The number of carbonyl (C=O) groups excluding carboxylic acids is 1. The van der Waals surface area contributed by atoms with Crippen molar-refractivity contribution in [2.45, 2.75) is 35.6 Å². The average Bonchev–Trinajstić information content (AvgIpc) is 2.65. The largest absolute Gasteiger partial charge is 0.446 e. The number of benzene rings is 2. The number of ether oxygens (including phenoxy) is 1. The van der Waals surface area contributed by atoms with Crippen molar-refractivity contribution in [2.75, 3.05) is 6.54 Å². The topological polar surface area (TPSA) is 78.8 Å². The van der Waals surface area contributed by atoms with E-state index < -0.39 is 23.8 Å². The molecule has 28 heavy (non-hydrogen) atoms. The van der Waals surface area contributed by atoms with E-state index in [0.717, 1.165) is 5.56 Å². The van der Waals surface area contributed by atoms with Crippen molar-refractivity contribution in [3.8, 4) is 0 Å². The van der Waals surface area contributed by atoms with E-state index in [0.29, 0.717) is 0 Å². The van der Waals surface area contributed by atoms with Crippen LogP contribution in [0.15, 0.2) is 59.5 Å². The number of hydrogen-bond donors (Lipinski definition) is 3. The Bertz CT molecular complexity index is 758. The third-order valence-corrected chi connectivity index (χ3v) is 4.44. The second-order valence-electron chi connectivity index (χ2n) is 5.91. The predicted molar refractivity (Wildman–Crippen MR) is 98.6 cm³/mol. The highest BCUT2D eigenvalue weighted by Gasteiger charge is 2.29. The molecule has 0 saturated carbocycles. The zero-order valence-corrected chi connectivity index (χ0v) is 15.5. The standard InChI is InChI=1S/C19H20F3NO4S/c20-19(21,22)28-15-8-4-7-14(11-15)17(25)16(24)9-10-23-18(26)27-12-13-5-2-1-3-6-13/h1-8,11,16-17,24-25H,9-10,12H2,(H,23,26). The highest BCUT2D eigenvalue weighted by atomic mass is 32.2. The lowest BCUT2D eigenvalue weighted by Crippen LogP contribution is -2.29. The molecular formula is C19H20F3NO4S. The van der Waals surface area contributed by atoms with Gasteiger partial charge in [-0.3, -0.25) is 0 Å². The Morgan fingerprint density at radius 1 is 1.11 bits per heavy atom. The van der Waals surface area contributed by atoms with Crippen LogP contribution in [0.1, 0.15) is 23.7 Å². The molecule has 0 heterocycles. The quantitative estimate of drug-likeness (QED) is 0.568. The Morgan fingerprint density at radius 3 is 2.50 bits per heavy atom. The van der Waals surface area contributed by atoms with Crippen LogP contribution in [0.2, 0.25) is 0 Å². The summed E-state index contributed by atoms with van der Waals surface area (Å²) in [5.74, 6) is 0. The van der Waals surface area contributed by atoms with Crippen LogP contribution < -0.4 is 5.32 Å². The summed E-state index contributed by atoms with van der Waals surface area (Å²) in [5, 5.41) is 22.6. The summed E-state index contributed by atoms with van der Waals surface area (Å²) in [6, 6.07) is 14.3. The third kappa shape index (κ3) is 7.79. The van der Waals surface area contributed by atoms with Gasteiger partial charge in [0.2, 0.25) is 0 Å². The molecule has 0 aliphatic carbocycles. The van der Waals surface area contributed by atoms with Gasteiger partial charge < -0.3 is 20.3 Å². The first-order valence-electron chi connectivity index (χ1n) is 8.41. The van der Waals surface area contributed by atoms with Gasteiger partial charge in [-0.2, -0.15) is 13.2 Å². The van der Waals surface area contributed by atoms with Gasteiger partial charge in [-0.1, -0.05) is 42.5 Å². The van der Waals surface area contributed by atoms with E-state index >= 15 is 0 Å². The van der Waals surface area contributed by atoms with E-state index in [4.69, 9.17) is 4.74 Å². The van der Waals surface area contributed by atoms with Crippen molar-refractivity contribution in [1.29, 1.82) is 0 Å². The third-order valence-electron chi connectivity index (χ3n) is 3.72. The number of rotatable bonds is 8. The van der Waals surface area contributed by atoms with Crippen LogP contribution in [-0.2, 0) is 11.3 Å². The zero-order chi connectivity index (χ0) is 20.6. The minimum Gasteiger partial charge on any atom is -0.445 e. The Kier molecular flexibility index (Phi) is 8.16. The molecule has 0 bridgehead atoms. The van der Waals surface area contributed by atoms with Crippen LogP contribution in [0.5, 0.6) is 0 Å². The maximum Gasteiger partial charge on any atom is 0.446 e. The summed E-state index contributed by atoms with van der Waals surface area (Å²) in [6.07, 6.45) is -3.32.